The zero-order valence-electron chi connectivity index (χ0n) is 11.2. The summed E-state index contributed by atoms with van der Waals surface area (Å²) in [5.41, 5.74) is 0.358. The van der Waals surface area contributed by atoms with Gasteiger partial charge in [0.15, 0.2) is 5.78 Å². The predicted molar refractivity (Wildman–Crippen MR) is 76.3 cm³/mol. The van der Waals surface area contributed by atoms with Crippen LogP contribution in [0.2, 0.25) is 0 Å². The van der Waals surface area contributed by atoms with E-state index in [9.17, 15) is 9.90 Å². The first-order chi connectivity index (χ1) is 9.00. The van der Waals surface area contributed by atoms with Crippen LogP contribution in [0.15, 0.2) is 60.7 Å². The Labute approximate surface area is 113 Å². The number of carbonyl (C=O) groups is 1. The number of carbonyl (C=O) groups excluding carboxylic acids is 1. The summed E-state index contributed by atoms with van der Waals surface area (Å²) < 4.78 is 0. The van der Waals surface area contributed by atoms with Crippen molar-refractivity contribution >= 4 is 5.78 Å². The first kappa shape index (κ1) is 13.5. The van der Waals surface area contributed by atoms with Crippen LogP contribution >= 0.6 is 0 Å². The van der Waals surface area contributed by atoms with Gasteiger partial charge in [0, 0.05) is 5.56 Å². The third-order valence-electron chi connectivity index (χ3n) is 3.16. The van der Waals surface area contributed by atoms with Gasteiger partial charge >= 0.3 is 0 Å². The summed E-state index contributed by atoms with van der Waals surface area (Å²) in [6.07, 6.45) is 0. The van der Waals surface area contributed by atoms with Crippen molar-refractivity contribution in [2.24, 2.45) is 0 Å². The van der Waals surface area contributed by atoms with Crippen molar-refractivity contribution in [1.82, 2.24) is 0 Å². The third-order valence-corrected chi connectivity index (χ3v) is 3.16. The van der Waals surface area contributed by atoms with Crippen molar-refractivity contribution in [2.75, 3.05) is 0 Å². The van der Waals surface area contributed by atoms with E-state index < -0.39 is 11.5 Å². The highest BCUT2D eigenvalue weighted by molar-refractivity contribution is 6.01. The number of rotatable bonds is 4. The summed E-state index contributed by atoms with van der Waals surface area (Å²) in [6, 6.07) is 18.5. The number of hydrogen-bond donors (Lipinski definition) is 1. The van der Waals surface area contributed by atoms with Crippen LogP contribution in [0.5, 0.6) is 0 Å². The molecule has 0 amide bonds. The van der Waals surface area contributed by atoms with Crippen LogP contribution < -0.4 is 0 Å². The monoisotopic (exact) mass is 254 g/mol. The molecule has 1 atom stereocenters. The molecule has 0 spiro atoms. The van der Waals surface area contributed by atoms with Gasteiger partial charge in [-0.1, -0.05) is 60.7 Å². The minimum Gasteiger partial charge on any atom is -0.389 e. The molecule has 2 aromatic rings. The Hall–Kier alpha value is -1.93. The van der Waals surface area contributed by atoms with Crippen molar-refractivity contribution in [2.45, 2.75) is 25.4 Å². The van der Waals surface area contributed by atoms with Crippen LogP contribution in [0.1, 0.15) is 35.7 Å². The lowest BCUT2D eigenvalue weighted by molar-refractivity contribution is 0.0433. The highest BCUT2D eigenvalue weighted by Gasteiger charge is 2.34. The molecule has 0 bridgehead atoms. The van der Waals surface area contributed by atoms with Gasteiger partial charge in [0.05, 0.1) is 11.5 Å². The van der Waals surface area contributed by atoms with Gasteiger partial charge in [0.1, 0.15) is 0 Å². The first-order valence-electron chi connectivity index (χ1n) is 6.37. The lowest BCUT2D eigenvalue weighted by Crippen LogP contribution is -2.34. The van der Waals surface area contributed by atoms with Gasteiger partial charge in [-0.15, -0.1) is 0 Å². The van der Waals surface area contributed by atoms with E-state index in [0.717, 1.165) is 5.56 Å². The Morgan fingerprint density at radius 2 is 1.42 bits per heavy atom. The number of ketones is 1. The maximum atomic E-state index is 12.6. The van der Waals surface area contributed by atoms with Crippen LogP contribution in [0.25, 0.3) is 0 Å². The van der Waals surface area contributed by atoms with Gasteiger partial charge in [-0.05, 0) is 19.4 Å². The van der Waals surface area contributed by atoms with Crippen molar-refractivity contribution in [1.29, 1.82) is 0 Å². The van der Waals surface area contributed by atoms with E-state index in [4.69, 9.17) is 0 Å². The molecule has 2 nitrogen and oxygen atoms in total. The topological polar surface area (TPSA) is 37.3 Å². The van der Waals surface area contributed by atoms with E-state index in [2.05, 4.69) is 0 Å². The highest BCUT2D eigenvalue weighted by atomic mass is 16.3. The summed E-state index contributed by atoms with van der Waals surface area (Å²) in [4.78, 5) is 12.6. The van der Waals surface area contributed by atoms with Crippen LogP contribution in [0, 0.1) is 0 Å². The second kappa shape index (κ2) is 5.37. The van der Waals surface area contributed by atoms with E-state index in [1.807, 2.05) is 48.5 Å². The largest absolute Gasteiger partial charge is 0.389 e. The summed E-state index contributed by atoms with van der Waals surface area (Å²) in [5.74, 6) is -0.615. The van der Waals surface area contributed by atoms with Crippen molar-refractivity contribution in [3.05, 3.63) is 71.8 Å². The number of aliphatic hydroxyl groups is 1. The van der Waals surface area contributed by atoms with E-state index in [1.54, 1.807) is 26.0 Å². The summed E-state index contributed by atoms with van der Waals surface area (Å²) >= 11 is 0. The van der Waals surface area contributed by atoms with Crippen molar-refractivity contribution in [3.63, 3.8) is 0 Å². The number of hydrogen-bond acceptors (Lipinski definition) is 2. The highest BCUT2D eigenvalue weighted by Crippen LogP contribution is 2.31. The van der Waals surface area contributed by atoms with Crippen LogP contribution in [0.3, 0.4) is 0 Å². The van der Waals surface area contributed by atoms with Gasteiger partial charge in [-0.25, -0.2) is 0 Å². The Kier molecular flexibility index (Phi) is 3.82. The molecule has 2 aromatic carbocycles. The van der Waals surface area contributed by atoms with Gasteiger partial charge in [-0.2, -0.15) is 0 Å². The molecule has 0 aliphatic rings. The fourth-order valence-corrected chi connectivity index (χ4v) is 2.29. The average Bonchev–Trinajstić information content (AvgIpc) is 2.39. The molecule has 0 heterocycles. The molecular weight excluding hydrogens is 236 g/mol. The maximum Gasteiger partial charge on any atom is 0.173 e. The molecule has 2 rings (SSSR count). The molecule has 1 N–H and O–H groups in total. The number of Topliss-reactive ketones (excluding diaryl/α,β-unsaturated/α-hetero) is 1. The van der Waals surface area contributed by atoms with E-state index in [1.165, 1.54) is 0 Å². The molecule has 0 radical (unpaired) electrons. The fraction of sp³-hybridized carbons (Fsp3) is 0.235. The summed E-state index contributed by atoms with van der Waals surface area (Å²) in [7, 11) is 0. The van der Waals surface area contributed by atoms with E-state index in [0.29, 0.717) is 5.56 Å². The molecular formula is C17H18O2. The Balaban J connectivity index is 2.43. The smallest absolute Gasteiger partial charge is 0.173 e. The quantitative estimate of drug-likeness (QED) is 0.849. The summed E-state index contributed by atoms with van der Waals surface area (Å²) in [5, 5.41) is 10.3. The second-order valence-electron chi connectivity index (χ2n) is 5.23. The van der Waals surface area contributed by atoms with Crippen LogP contribution in [-0.2, 0) is 0 Å². The molecule has 2 heteroatoms. The zero-order chi connectivity index (χ0) is 13.9. The first-order valence-corrected chi connectivity index (χ1v) is 6.37. The van der Waals surface area contributed by atoms with Crippen molar-refractivity contribution in [3.8, 4) is 0 Å². The SMILES string of the molecule is CC(C)(O)C(C(=O)c1ccccc1)c1ccccc1. The molecule has 0 aromatic heterocycles. The molecule has 0 aliphatic carbocycles. The third kappa shape index (κ3) is 3.09. The molecule has 0 saturated heterocycles. The van der Waals surface area contributed by atoms with Gasteiger partial charge in [-0.3, -0.25) is 4.79 Å². The van der Waals surface area contributed by atoms with Crippen LogP contribution in [0.4, 0.5) is 0 Å². The lowest BCUT2D eigenvalue weighted by Gasteiger charge is -2.28. The molecule has 0 aliphatic heterocycles. The Morgan fingerprint density at radius 3 is 1.89 bits per heavy atom. The van der Waals surface area contributed by atoms with Gasteiger partial charge in [0.2, 0.25) is 0 Å². The minimum absolute atomic E-state index is 0.0562. The fourth-order valence-electron chi connectivity index (χ4n) is 2.29. The predicted octanol–water partition coefficient (Wildman–Crippen LogP) is 3.42. The van der Waals surface area contributed by atoms with Crippen molar-refractivity contribution < 1.29 is 9.90 Å². The van der Waals surface area contributed by atoms with E-state index in [-0.39, 0.29) is 5.78 Å². The maximum absolute atomic E-state index is 12.6. The van der Waals surface area contributed by atoms with Gasteiger partial charge in [0.25, 0.3) is 0 Å². The summed E-state index contributed by atoms with van der Waals surface area (Å²) in [6.45, 7) is 3.34. The standard InChI is InChI=1S/C17H18O2/c1-17(2,19)15(13-9-5-3-6-10-13)16(18)14-11-7-4-8-12-14/h3-12,15,19H,1-2H3. The Bertz CT molecular complexity index is 538. The van der Waals surface area contributed by atoms with E-state index >= 15 is 0 Å². The molecule has 98 valence electrons. The minimum atomic E-state index is -1.10. The zero-order valence-corrected chi connectivity index (χ0v) is 11.2. The molecule has 19 heavy (non-hydrogen) atoms. The normalized spacial score (nSPS) is 13.0. The lowest BCUT2D eigenvalue weighted by atomic mass is 9.79. The molecule has 0 saturated carbocycles. The Morgan fingerprint density at radius 1 is 0.947 bits per heavy atom. The second-order valence-corrected chi connectivity index (χ2v) is 5.23. The average molecular weight is 254 g/mol. The number of benzene rings is 2. The van der Waals surface area contributed by atoms with Gasteiger partial charge < -0.3 is 5.11 Å². The van der Waals surface area contributed by atoms with Crippen LogP contribution in [-0.4, -0.2) is 16.5 Å². The molecule has 0 fully saturated rings. The molecule has 1 unspecified atom stereocenters.